The Bertz CT molecular complexity index is 717. The molecular weight excluding hydrogens is 349 g/mol. The molecule has 0 amide bonds. The zero-order valence-corrected chi connectivity index (χ0v) is 12.3. The first kappa shape index (κ1) is 15.1. The number of nitrogens with zero attached hydrogens (tertiary/aromatic N) is 3. The summed E-state index contributed by atoms with van der Waals surface area (Å²) in [5.41, 5.74) is -0.0328. The maximum atomic E-state index is 13.8. The number of benzene rings is 1. The lowest BCUT2D eigenvalue weighted by atomic mass is 10.2. The normalized spacial score (nSPS) is 10.4. The highest BCUT2D eigenvalue weighted by Crippen LogP contribution is 2.19. The van der Waals surface area contributed by atoms with Gasteiger partial charge in [-0.15, -0.1) is 0 Å². The van der Waals surface area contributed by atoms with Crippen LogP contribution >= 0.6 is 15.9 Å². The molecule has 0 aliphatic carbocycles. The highest BCUT2D eigenvalue weighted by atomic mass is 79.9. The number of carbonyl (C=O) groups excluding carboxylic acids is 1. The van der Waals surface area contributed by atoms with Gasteiger partial charge in [0.05, 0.1) is 24.6 Å². The van der Waals surface area contributed by atoms with Gasteiger partial charge in [-0.25, -0.2) is 9.18 Å². The number of hydrogen-bond acceptors (Lipinski definition) is 5. The Morgan fingerprint density at radius 3 is 2.81 bits per heavy atom. The van der Waals surface area contributed by atoms with Gasteiger partial charge in [0.15, 0.2) is 0 Å². The zero-order valence-electron chi connectivity index (χ0n) is 10.7. The van der Waals surface area contributed by atoms with E-state index in [-0.39, 0.29) is 23.5 Å². The van der Waals surface area contributed by atoms with E-state index < -0.39 is 16.7 Å². The van der Waals surface area contributed by atoms with Crippen molar-refractivity contribution in [2.75, 3.05) is 7.11 Å². The van der Waals surface area contributed by atoms with Crippen LogP contribution in [0.2, 0.25) is 0 Å². The van der Waals surface area contributed by atoms with Crippen LogP contribution in [-0.2, 0) is 11.3 Å². The number of rotatable bonds is 4. The molecule has 0 atom stereocenters. The Hall–Kier alpha value is -2.29. The fourth-order valence-electron chi connectivity index (χ4n) is 1.71. The summed E-state index contributed by atoms with van der Waals surface area (Å²) in [6.45, 7) is -0.0557. The van der Waals surface area contributed by atoms with E-state index in [0.717, 1.165) is 6.07 Å². The number of aromatic nitrogens is 2. The van der Waals surface area contributed by atoms with Crippen molar-refractivity contribution in [1.29, 1.82) is 0 Å². The molecule has 110 valence electrons. The van der Waals surface area contributed by atoms with Crippen molar-refractivity contribution in [1.82, 2.24) is 9.78 Å². The third kappa shape index (κ3) is 3.24. The smallest absolute Gasteiger partial charge is 0.356 e. The van der Waals surface area contributed by atoms with Gasteiger partial charge in [-0.3, -0.25) is 14.8 Å². The minimum absolute atomic E-state index is 0.0557. The fourth-order valence-corrected chi connectivity index (χ4v) is 2.12. The van der Waals surface area contributed by atoms with Gasteiger partial charge in [0.25, 0.3) is 5.69 Å². The minimum atomic E-state index is -0.744. The summed E-state index contributed by atoms with van der Waals surface area (Å²) < 4.78 is 20.1. The topological polar surface area (TPSA) is 87.3 Å². The van der Waals surface area contributed by atoms with Crippen LogP contribution < -0.4 is 0 Å². The van der Waals surface area contributed by atoms with E-state index in [1.165, 1.54) is 30.0 Å². The fraction of sp³-hybridized carbons (Fsp3) is 0.167. The van der Waals surface area contributed by atoms with Crippen LogP contribution in [0.3, 0.4) is 0 Å². The molecule has 0 saturated heterocycles. The van der Waals surface area contributed by atoms with E-state index in [0.29, 0.717) is 4.60 Å². The molecule has 0 N–H and O–H groups in total. The van der Waals surface area contributed by atoms with Gasteiger partial charge in [-0.05, 0) is 22.0 Å². The molecule has 0 bridgehead atoms. The molecule has 1 heterocycles. The first-order chi connectivity index (χ1) is 9.92. The van der Waals surface area contributed by atoms with Gasteiger partial charge >= 0.3 is 5.97 Å². The number of esters is 1. The first-order valence-electron chi connectivity index (χ1n) is 5.67. The molecule has 0 aliphatic heterocycles. The minimum Gasteiger partial charge on any atom is -0.464 e. The number of carbonyl (C=O) groups is 1. The number of hydrogen-bond donors (Lipinski definition) is 0. The van der Waals surface area contributed by atoms with Crippen LogP contribution in [0.5, 0.6) is 0 Å². The molecule has 21 heavy (non-hydrogen) atoms. The van der Waals surface area contributed by atoms with Crippen LogP contribution in [-0.4, -0.2) is 27.8 Å². The Balaban J connectivity index is 2.34. The van der Waals surface area contributed by atoms with E-state index in [1.807, 2.05) is 0 Å². The molecule has 0 saturated carbocycles. The van der Waals surface area contributed by atoms with Crippen molar-refractivity contribution in [3.05, 3.63) is 56.1 Å². The van der Waals surface area contributed by atoms with Crippen LogP contribution in [0, 0.1) is 15.9 Å². The van der Waals surface area contributed by atoms with Crippen molar-refractivity contribution in [2.24, 2.45) is 0 Å². The second-order valence-electron chi connectivity index (χ2n) is 4.03. The maximum absolute atomic E-state index is 13.8. The monoisotopic (exact) mass is 357 g/mol. The standard InChI is InChI=1S/C12H9BrFN3O4/c1-21-12(18)10-5-11(13)15-16(10)6-7-2-3-8(17(19)20)4-9(7)14/h2-5H,6H2,1H3. The molecule has 0 fully saturated rings. The number of methoxy groups -OCH3 is 1. The molecular formula is C12H9BrFN3O4. The largest absolute Gasteiger partial charge is 0.464 e. The highest BCUT2D eigenvalue weighted by Gasteiger charge is 2.17. The quantitative estimate of drug-likeness (QED) is 0.476. The summed E-state index contributed by atoms with van der Waals surface area (Å²) in [6.07, 6.45) is 0. The predicted molar refractivity (Wildman–Crippen MR) is 73.4 cm³/mol. The molecule has 1 aromatic carbocycles. The van der Waals surface area contributed by atoms with Gasteiger partial charge in [0.1, 0.15) is 16.1 Å². The van der Waals surface area contributed by atoms with Crippen molar-refractivity contribution < 1.29 is 18.8 Å². The van der Waals surface area contributed by atoms with Crippen LogP contribution in [0.4, 0.5) is 10.1 Å². The third-order valence-electron chi connectivity index (χ3n) is 2.71. The van der Waals surface area contributed by atoms with Crippen molar-refractivity contribution in [2.45, 2.75) is 6.54 Å². The second-order valence-corrected chi connectivity index (χ2v) is 4.85. The van der Waals surface area contributed by atoms with Crippen LogP contribution in [0.1, 0.15) is 16.1 Å². The van der Waals surface area contributed by atoms with E-state index in [9.17, 15) is 19.3 Å². The molecule has 0 radical (unpaired) electrons. The zero-order chi connectivity index (χ0) is 15.6. The van der Waals surface area contributed by atoms with Gasteiger partial charge < -0.3 is 4.74 Å². The molecule has 0 spiro atoms. The molecule has 9 heteroatoms. The summed E-state index contributed by atoms with van der Waals surface area (Å²) in [5.74, 6) is -1.36. The Morgan fingerprint density at radius 1 is 1.52 bits per heavy atom. The summed E-state index contributed by atoms with van der Waals surface area (Å²) in [4.78, 5) is 21.5. The molecule has 0 aliphatic rings. The third-order valence-corrected chi connectivity index (χ3v) is 3.10. The SMILES string of the molecule is COC(=O)c1cc(Br)nn1Cc1ccc([N+](=O)[O-])cc1F. The number of halogens is 2. The highest BCUT2D eigenvalue weighted by molar-refractivity contribution is 9.10. The van der Waals surface area contributed by atoms with E-state index >= 15 is 0 Å². The number of ether oxygens (including phenoxy) is 1. The molecule has 0 unspecified atom stereocenters. The maximum Gasteiger partial charge on any atom is 0.356 e. The Morgan fingerprint density at radius 2 is 2.24 bits per heavy atom. The lowest BCUT2D eigenvalue weighted by Crippen LogP contribution is -2.13. The molecule has 1 aromatic heterocycles. The summed E-state index contributed by atoms with van der Waals surface area (Å²) >= 11 is 3.12. The van der Waals surface area contributed by atoms with Crippen molar-refractivity contribution in [3.63, 3.8) is 0 Å². The van der Waals surface area contributed by atoms with E-state index in [2.05, 4.69) is 25.8 Å². The van der Waals surface area contributed by atoms with Gasteiger partial charge in [-0.1, -0.05) is 0 Å². The molecule has 2 aromatic rings. The molecule has 7 nitrogen and oxygen atoms in total. The summed E-state index contributed by atoms with van der Waals surface area (Å²) in [6, 6.07) is 4.74. The summed E-state index contributed by atoms with van der Waals surface area (Å²) in [7, 11) is 1.22. The van der Waals surface area contributed by atoms with Crippen molar-refractivity contribution >= 4 is 27.6 Å². The van der Waals surface area contributed by atoms with Crippen LogP contribution in [0.25, 0.3) is 0 Å². The Labute approximate surface area is 126 Å². The average Bonchev–Trinajstić information content (AvgIpc) is 2.80. The van der Waals surface area contributed by atoms with Crippen molar-refractivity contribution in [3.8, 4) is 0 Å². The van der Waals surface area contributed by atoms with E-state index in [1.54, 1.807) is 0 Å². The van der Waals surface area contributed by atoms with Gasteiger partial charge in [0, 0.05) is 17.7 Å². The van der Waals surface area contributed by atoms with Gasteiger partial charge in [-0.2, -0.15) is 5.10 Å². The predicted octanol–water partition coefficient (Wildman–Crippen LogP) is 2.53. The average molecular weight is 358 g/mol. The van der Waals surface area contributed by atoms with Gasteiger partial charge in [0.2, 0.25) is 0 Å². The lowest BCUT2D eigenvalue weighted by molar-refractivity contribution is -0.385. The van der Waals surface area contributed by atoms with E-state index in [4.69, 9.17) is 0 Å². The second kappa shape index (κ2) is 6.00. The summed E-state index contributed by atoms with van der Waals surface area (Å²) in [5, 5.41) is 14.6. The first-order valence-corrected chi connectivity index (χ1v) is 6.46. The molecule has 2 rings (SSSR count). The van der Waals surface area contributed by atoms with Crippen LogP contribution in [0.15, 0.2) is 28.9 Å². The Kier molecular flexibility index (Phi) is 4.32. The number of non-ortho nitro benzene ring substituents is 1. The number of nitro groups is 1. The lowest BCUT2D eigenvalue weighted by Gasteiger charge is -2.07. The number of nitro benzene ring substituents is 1.